The summed E-state index contributed by atoms with van der Waals surface area (Å²) in [5, 5.41) is 3.43. The van der Waals surface area contributed by atoms with Crippen LogP contribution in [0.25, 0.3) is 0 Å². The lowest BCUT2D eigenvalue weighted by Gasteiger charge is -2.15. The first-order valence-corrected chi connectivity index (χ1v) is 6.19. The molecule has 0 amide bonds. The van der Waals surface area contributed by atoms with Gasteiger partial charge in [-0.05, 0) is 25.5 Å². The SMILES string of the molecule is COc1ccc(CNCCN(C)C2CC2)cn1. The Morgan fingerprint density at radius 1 is 1.47 bits per heavy atom. The van der Waals surface area contributed by atoms with Gasteiger partial charge in [0.1, 0.15) is 0 Å². The second-order valence-electron chi connectivity index (χ2n) is 4.60. The maximum atomic E-state index is 5.02. The van der Waals surface area contributed by atoms with E-state index >= 15 is 0 Å². The van der Waals surface area contributed by atoms with Crippen LogP contribution in [0, 0.1) is 0 Å². The highest BCUT2D eigenvalue weighted by atomic mass is 16.5. The Hall–Kier alpha value is -1.13. The molecular weight excluding hydrogens is 214 g/mol. The number of aromatic nitrogens is 1. The van der Waals surface area contributed by atoms with Gasteiger partial charge in [-0.15, -0.1) is 0 Å². The van der Waals surface area contributed by atoms with Crippen molar-refractivity contribution in [3.05, 3.63) is 23.9 Å². The molecule has 1 aromatic rings. The Labute approximate surface area is 103 Å². The summed E-state index contributed by atoms with van der Waals surface area (Å²) in [7, 11) is 3.84. The molecule has 1 aromatic heterocycles. The first kappa shape index (κ1) is 12.3. The number of nitrogens with zero attached hydrogens (tertiary/aromatic N) is 2. The van der Waals surface area contributed by atoms with Crippen LogP contribution in [-0.2, 0) is 6.54 Å². The first-order chi connectivity index (χ1) is 8.29. The number of rotatable bonds is 7. The molecule has 0 aromatic carbocycles. The molecule has 0 aliphatic heterocycles. The van der Waals surface area contributed by atoms with Crippen molar-refractivity contribution in [3.63, 3.8) is 0 Å². The third-order valence-corrected chi connectivity index (χ3v) is 3.15. The van der Waals surface area contributed by atoms with Gasteiger partial charge in [0.25, 0.3) is 0 Å². The van der Waals surface area contributed by atoms with E-state index in [1.54, 1.807) is 7.11 Å². The van der Waals surface area contributed by atoms with E-state index in [1.807, 2.05) is 18.3 Å². The number of methoxy groups -OCH3 is 1. The standard InChI is InChI=1S/C13H21N3O/c1-16(12-4-5-12)8-7-14-9-11-3-6-13(17-2)15-10-11/h3,6,10,12,14H,4-5,7-9H2,1-2H3. The molecule has 1 heterocycles. The lowest BCUT2D eigenvalue weighted by Crippen LogP contribution is -2.30. The monoisotopic (exact) mass is 235 g/mol. The Morgan fingerprint density at radius 2 is 2.29 bits per heavy atom. The van der Waals surface area contributed by atoms with Gasteiger partial charge in [0.15, 0.2) is 0 Å². The van der Waals surface area contributed by atoms with Gasteiger partial charge < -0.3 is 15.0 Å². The molecule has 0 radical (unpaired) electrons. The second-order valence-corrected chi connectivity index (χ2v) is 4.60. The molecule has 0 unspecified atom stereocenters. The van der Waals surface area contributed by atoms with E-state index in [1.165, 1.54) is 18.4 Å². The second kappa shape index (κ2) is 5.98. The summed E-state index contributed by atoms with van der Waals surface area (Å²) >= 11 is 0. The average Bonchev–Trinajstić information content (AvgIpc) is 3.19. The molecule has 1 saturated carbocycles. The van der Waals surface area contributed by atoms with Gasteiger partial charge in [0, 0.05) is 37.9 Å². The van der Waals surface area contributed by atoms with Gasteiger partial charge in [-0.25, -0.2) is 4.98 Å². The molecule has 2 rings (SSSR count). The van der Waals surface area contributed by atoms with Gasteiger partial charge in [0.2, 0.25) is 5.88 Å². The van der Waals surface area contributed by atoms with Gasteiger partial charge >= 0.3 is 0 Å². The largest absolute Gasteiger partial charge is 0.481 e. The van der Waals surface area contributed by atoms with Crippen molar-refractivity contribution in [2.24, 2.45) is 0 Å². The molecule has 0 atom stereocenters. The summed E-state index contributed by atoms with van der Waals surface area (Å²) < 4.78 is 5.02. The number of hydrogen-bond donors (Lipinski definition) is 1. The van der Waals surface area contributed by atoms with Crippen LogP contribution in [0.5, 0.6) is 5.88 Å². The van der Waals surface area contributed by atoms with Crippen LogP contribution in [0.15, 0.2) is 18.3 Å². The molecule has 0 spiro atoms. The molecule has 17 heavy (non-hydrogen) atoms. The number of likely N-dealkylation sites (N-methyl/N-ethyl adjacent to an activating group) is 1. The van der Waals surface area contributed by atoms with Crippen LogP contribution in [0.1, 0.15) is 18.4 Å². The quantitative estimate of drug-likeness (QED) is 0.722. The Morgan fingerprint density at radius 3 is 2.88 bits per heavy atom. The zero-order valence-corrected chi connectivity index (χ0v) is 10.6. The molecule has 0 saturated heterocycles. The highest BCUT2D eigenvalue weighted by Gasteiger charge is 2.25. The van der Waals surface area contributed by atoms with Crippen LogP contribution >= 0.6 is 0 Å². The van der Waals surface area contributed by atoms with E-state index in [0.717, 1.165) is 25.7 Å². The Bertz CT molecular complexity index is 335. The minimum Gasteiger partial charge on any atom is -0.481 e. The number of pyridine rings is 1. The van der Waals surface area contributed by atoms with Gasteiger partial charge in [-0.2, -0.15) is 0 Å². The molecule has 1 fully saturated rings. The van der Waals surface area contributed by atoms with Crippen molar-refractivity contribution in [1.82, 2.24) is 15.2 Å². The molecule has 4 nitrogen and oxygen atoms in total. The number of ether oxygens (including phenoxy) is 1. The van der Waals surface area contributed by atoms with Gasteiger partial charge in [-0.1, -0.05) is 6.07 Å². The predicted octanol–water partition coefficient (Wildman–Crippen LogP) is 1.27. The number of nitrogens with one attached hydrogen (secondary N) is 1. The van der Waals surface area contributed by atoms with Crippen LogP contribution in [0.3, 0.4) is 0 Å². The lowest BCUT2D eigenvalue weighted by molar-refractivity contribution is 0.321. The molecule has 0 bridgehead atoms. The van der Waals surface area contributed by atoms with E-state index in [2.05, 4.69) is 22.2 Å². The topological polar surface area (TPSA) is 37.4 Å². The summed E-state index contributed by atoms with van der Waals surface area (Å²) in [6, 6.07) is 4.79. The van der Waals surface area contributed by atoms with Crippen molar-refractivity contribution >= 4 is 0 Å². The highest BCUT2D eigenvalue weighted by Crippen LogP contribution is 2.24. The van der Waals surface area contributed by atoms with E-state index < -0.39 is 0 Å². The minimum atomic E-state index is 0.669. The summed E-state index contributed by atoms with van der Waals surface area (Å²) in [5.74, 6) is 0.669. The zero-order valence-electron chi connectivity index (χ0n) is 10.6. The van der Waals surface area contributed by atoms with Crippen LogP contribution in [0.2, 0.25) is 0 Å². The van der Waals surface area contributed by atoms with Crippen molar-refractivity contribution in [2.75, 3.05) is 27.2 Å². The fourth-order valence-electron chi connectivity index (χ4n) is 1.82. The average molecular weight is 235 g/mol. The van der Waals surface area contributed by atoms with Crippen molar-refractivity contribution in [3.8, 4) is 5.88 Å². The van der Waals surface area contributed by atoms with E-state index in [4.69, 9.17) is 4.74 Å². The summed E-state index contributed by atoms with van der Waals surface area (Å²) in [6.45, 7) is 3.02. The third kappa shape index (κ3) is 3.98. The van der Waals surface area contributed by atoms with Crippen LogP contribution in [-0.4, -0.2) is 43.2 Å². The zero-order chi connectivity index (χ0) is 12.1. The summed E-state index contributed by atoms with van der Waals surface area (Å²) in [4.78, 5) is 6.61. The molecule has 4 heteroatoms. The minimum absolute atomic E-state index is 0.669. The fourth-order valence-corrected chi connectivity index (χ4v) is 1.82. The Kier molecular flexibility index (Phi) is 4.34. The maximum absolute atomic E-state index is 5.02. The molecule has 1 aliphatic rings. The molecular formula is C13H21N3O. The lowest BCUT2D eigenvalue weighted by atomic mass is 10.3. The van der Waals surface area contributed by atoms with Crippen LogP contribution < -0.4 is 10.1 Å². The third-order valence-electron chi connectivity index (χ3n) is 3.15. The van der Waals surface area contributed by atoms with Gasteiger partial charge in [-0.3, -0.25) is 0 Å². The molecule has 94 valence electrons. The molecule has 1 N–H and O–H groups in total. The van der Waals surface area contributed by atoms with Gasteiger partial charge in [0.05, 0.1) is 7.11 Å². The number of hydrogen-bond acceptors (Lipinski definition) is 4. The smallest absolute Gasteiger partial charge is 0.212 e. The normalized spacial score (nSPS) is 15.2. The fraction of sp³-hybridized carbons (Fsp3) is 0.615. The predicted molar refractivity (Wildman–Crippen MR) is 68.1 cm³/mol. The van der Waals surface area contributed by atoms with Crippen molar-refractivity contribution < 1.29 is 4.74 Å². The first-order valence-electron chi connectivity index (χ1n) is 6.19. The maximum Gasteiger partial charge on any atom is 0.212 e. The van der Waals surface area contributed by atoms with Crippen molar-refractivity contribution in [1.29, 1.82) is 0 Å². The van der Waals surface area contributed by atoms with E-state index in [0.29, 0.717) is 5.88 Å². The highest BCUT2D eigenvalue weighted by molar-refractivity contribution is 5.17. The summed E-state index contributed by atoms with van der Waals surface area (Å²) in [6.07, 6.45) is 4.61. The van der Waals surface area contributed by atoms with Crippen LogP contribution in [0.4, 0.5) is 0 Å². The van der Waals surface area contributed by atoms with E-state index in [9.17, 15) is 0 Å². The van der Waals surface area contributed by atoms with Crippen molar-refractivity contribution in [2.45, 2.75) is 25.4 Å². The Balaban J connectivity index is 1.63. The van der Waals surface area contributed by atoms with E-state index in [-0.39, 0.29) is 0 Å². The molecule has 1 aliphatic carbocycles. The summed E-state index contributed by atoms with van der Waals surface area (Å²) in [5.41, 5.74) is 1.19.